The van der Waals surface area contributed by atoms with Gasteiger partial charge in [0.2, 0.25) is 0 Å². The Hall–Kier alpha value is -2.87. The molecule has 0 unspecified atom stereocenters. The lowest BCUT2D eigenvalue weighted by Crippen LogP contribution is -2.30. The average Bonchev–Trinajstić information content (AvgIpc) is 3.16. The van der Waals surface area contributed by atoms with Crippen molar-refractivity contribution in [3.05, 3.63) is 70.7 Å². The van der Waals surface area contributed by atoms with Crippen molar-refractivity contribution in [2.45, 2.75) is 32.7 Å². The van der Waals surface area contributed by atoms with Crippen LogP contribution in [-0.2, 0) is 12.8 Å². The number of hydrogen-bond acceptors (Lipinski definition) is 4. The van der Waals surface area contributed by atoms with Gasteiger partial charge in [-0.1, -0.05) is 24.3 Å². The molecule has 152 valence electrons. The van der Waals surface area contributed by atoms with Gasteiger partial charge in [-0.2, -0.15) is 13.2 Å². The van der Waals surface area contributed by atoms with Crippen LogP contribution in [0.25, 0.3) is 10.6 Å². The van der Waals surface area contributed by atoms with Gasteiger partial charge < -0.3 is 10.1 Å². The Morgan fingerprint density at radius 1 is 1.17 bits per heavy atom. The zero-order chi connectivity index (χ0) is 21.0. The highest BCUT2D eigenvalue weighted by atomic mass is 32.1. The van der Waals surface area contributed by atoms with Crippen molar-refractivity contribution in [2.24, 2.45) is 0 Å². The van der Waals surface area contributed by atoms with Crippen LogP contribution in [0.5, 0.6) is 5.75 Å². The first-order chi connectivity index (χ1) is 13.7. The van der Waals surface area contributed by atoms with E-state index in [0.29, 0.717) is 22.0 Å². The summed E-state index contributed by atoms with van der Waals surface area (Å²) in [4.78, 5) is 16.4. The predicted molar refractivity (Wildman–Crippen MR) is 106 cm³/mol. The molecule has 3 aromatic rings. The Balaban J connectivity index is 1.67. The molecule has 2 aromatic carbocycles. The van der Waals surface area contributed by atoms with E-state index in [0.717, 1.165) is 17.7 Å². The Morgan fingerprint density at radius 3 is 2.55 bits per heavy atom. The van der Waals surface area contributed by atoms with Crippen LogP contribution in [0.15, 0.2) is 53.9 Å². The first-order valence-electron chi connectivity index (χ1n) is 8.88. The molecular weight excluding hydrogens is 401 g/mol. The minimum atomic E-state index is -4.35. The number of ether oxygens (including phenoxy) is 1. The van der Waals surface area contributed by atoms with Crippen LogP contribution >= 0.6 is 11.3 Å². The summed E-state index contributed by atoms with van der Waals surface area (Å²) in [6, 6.07) is 12.1. The van der Waals surface area contributed by atoms with E-state index in [1.807, 2.05) is 19.9 Å². The van der Waals surface area contributed by atoms with Crippen LogP contribution < -0.4 is 10.1 Å². The standard InChI is InChI=1S/C21H19F3N2O2S/c1-13(2)25-19(27)18-12-29-20(26-18)15-4-3-5-17(10-15)28-11-14-6-8-16(9-7-14)21(22,23)24/h3-10,12-13H,11H2,1-2H3,(H,25,27). The molecular formula is C21H19F3N2O2S. The molecule has 0 spiro atoms. The lowest BCUT2D eigenvalue weighted by molar-refractivity contribution is -0.137. The van der Waals surface area contributed by atoms with Crippen molar-refractivity contribution in [3.8, 4) is 16.3 Å². The van der Waals surface area contributed by atoms with E-state index < -0.39 is 11.7 Å². The number of thiazole rings is 1. The van der Waals surface area contributed by atoms with Gasteiger partial charge in [-0.25, -0.2) is 4.98 Å². The van der Waals surface area contributed by atoms with Gasteiger partial charge in [0.25, 0.3) is 5.91 Å². The molecule has 0 aliphatic heterocycles. The molecule has 1 heterocycles. The van der Waals surface area contributed by atoms with E-state index >= 15 is 0 Å². The topological polar surface area (TPSA) is 51.2 Å². The van der Waals surface area contributed by atoms with Gasteiger partial charge in [-0.15, -0.1) is 11.3 Å². The van der Waals surface area contributed by atoms with Crippen LogP contribution in [0.2, 0.25) is 0 Å². The normalized spacial score (nSPS) is 11.5. The third-order valence-corrected chi connectivity index (χ3v) is 4.82. The van der Waals surface area contributed by atoms with Crippen molar-refractivity contribution in [1.29, 1.82) is 0 Å². The number of alkyl halides is 3. The maximum atomic E-state index is 12.6. The van der Waals surface area contributed by atoms with Gasteiger partial charge in [0.1, 0.15) is 23.1 Å². The highest BCUT2D eigenvalue weighted by Crippen LogP contribution is 2.30. The Kier molecular flexibility index (Phi) is 6.22. The fourth-order valence-electron chi connectivity index (χ4n) is 2.52. The molecule has 0 aliphatic carbocycles. The summed E-state index contributed by atoms with van der Waals surface area (Å²) >= 11 is 1.35. The van der Waals surface area contributed by atoms with E-state index in [1.54, 1.807) is 23.6 Å². The third-order valence-electron chi connectivity index (χ3n) is 3.92. The Bertz CT molecular complexity index is 982. The number of hydrogen-bond donors (Lipinski definition) is 1. The largest absolute Gasteiger partial charge is 0.489 e. The van der Waals surface area contributed by atoms with Crippen molar-refractivity contribution in [1.82, 2.24) is 10.3 Å². The number of benzene rings is 2. The molecule has 0 aliphatic rings. The highest BCUT2D eigenvalue weighted by Gasteiger charge is 2.29. The molecule has 4 nitrogen and oxygen atoms in total. The minimum absolute atomic E-state index is 0.0228. The summed E-state index contributed by atoms with van der Waals surface area (Å²) in [6.07, 6.45) is -4.35. The molecule has 1 N–H and O–H groups in total. The van der Waals surface area contributed by atoms with Crippen LogP contribution in [0.3, 0.4) is 0 Å². The molecule has 0 atom stereocenters. The number of amides is 1. The summed E-state index contributed by atoms with van der Waals surface area (Å²) in [6.45, 7) is 3.90. The zero-order valence-corrected chi connectivity index (χ0v) is 16.6. The van der Waals surface area contributed by atoms with Crippen molar-refractivity contribution >= 4 is 17.2 Å². The second-order valence-corrected chi connectivity index (χ2v) is 7.54. The summed E-state index contributed by atoms with van der Waals surface area (Å²) < 4.78 is 43.6. The highest BCUT2D eigenvalue weighted by molar-refractivity contribution is 7.13. The van der Waals surface area contributed by atoms with Gasteiger partial charge in [-0.05, 0) is 43.7 Å². The van der Waals surface area contributed by atoms with Gasteiger partial charge in [-0.3, -0.25) is 4.79 Å². The SMILES string of the molecule is CC(C)NC(=O)c1csc(-c2cccc(OCc3ccc(C(F)(F)F)cc3)c2)n1. The first kappa shape index (κ1) is 20.9. The summed E-state index contributed by atoms with van der Waals surface area (Å²) in [5.41, 5.74) is 1.09. The van der Waals surface area contributed by atoms with Gasteiger partial charge in [0.05, 0.1) is 5.56 Å². The zero-order valence-electron chi connectivity index (χ0n) is 15.8. The molecule has 0 saturated carbocycles. The number of halogens is 3. The van der Waals surface area contributed by atoms with E-state index in [-0.39, 0.29) is 18.6 Å². The quantitative estimate of drug-likeness (QED) is 0.569. The number of rotatable bonds is 6. The van der Waals surface area contributed by atoms with E-state index in [9.17, 15) is 18.0 Å². The number of carbonyl (C=O) groups is 1. The lowest BCUT2D eigenvalue weighted by Gasteiger charge is -2.09. The molecule has 0 bridgehead atoms. The lowest BCUT2D eigenvalue weighted by atomic mass is 10.1. The van der Waals surface area contributed by atoms with Crippen LogP contribution in [0.4, 0.5) is 13.2 Å². The molecule has 0 radical (unpaired) electrons. The Labute approximate surface area is 170 Å². The second kappa shape index (κ2) is 8.65. The molecule has 0 fully saturated rings. The first-order valence-corrected chi connectivity index (χ1v) is 9.76. The van der Waals surface area contributed by atoms with Gasteiger partial charge in [0, 0.05) is 17.0 Å². The molecule has 1 aromatic heterocycles. The number of nitrogens with one attached hydrogen (secondary N) is 1. The summed E-state index contributed by atoms with van der Waals surface area (Å²) in [5.74, 6) is 0.336. The van der Waals surface area contributed by atoms with E-state index in [1.165, 1.54) is 23.5 Å². The summed E-state index contributed by atoms with van der Waals surface area (Å²) in [7, 11) is 0. The van der Waals surface area contributed by atoms with E-state index in [4.69, 9.17) is 4.74 Å². The monoisotopic (exact) mass is 420 g/mol. The van der Waals surface area contributed by atoms with Crippen molar-refractivity contribution in [3.63, 3.8) is 0 Å². The minimum Gasteiger partial charge on any atom is -0.489 e. The molecule has 8 heteroatoms. The number of carbonyl (C=O) groups excluding carboxylic acids is 1. The van der Waals surface area contributed by atoms with Gasteiger partial charge in [0.15, 0.2) is 0 Å². The Morgan fingerprint density at radius 2 is 1.90 bits per heavy atom. The van der Waals surface area contributed by atoms with Crippen LogP contribution in [0, 0.1) is 0 Å². The fraction of sp³-hybridized carbons (Fsp3) is 0.238. The smallest absolute Gasteiger partial charge is 0.416 e. The fourth-order valence-corrected chi connectivity index (χ4v) is 3.32. The molecule has 3 rings (SSSR count). The van der Waals surface area contributed by atoms with Crippen LogP contribution in [0.1, 0.15) is 35.5 Å². The number of aromatic nitrogens is 1. The second-order valence-electron chi connectivity index (χ2n) is 6.68. The van der Waals surface area contributed by atoms with Crippen molar-refractivity contribution in [2.75, 3.05) is 0 Å². The molecule has 1 amide bonds. The number of nitrogens with zero attached hydrogens (tertiary/aromatic N) is 1. The average molecular weight is 420 g/mol. The maximum Gasteiger partial charge on any atom is 0.416 e. The summed E-state index contributed by atoms with van der Waals surface area (Å²) in [5, 5.41) is 5.17. The third kappa shape index (κ3) is 5.57. The van der Waals surface area contributed by atoms with Crippen LogP contribution in [-0.4, -0.2) is 16.9 Å². The van der Waals surface area contributed by atoms with Gasteiger partial charge >= 0.3 is 6.18 Å². The van der Waals surface area contributed by atoms with Crippen molar-refractivity contribution < 1.29 is 22.7 Å². The molecule has 0 saturated heterocycles. The predicted octanol–water partition coefficient (Wildman–Crippen LogP) is 5.55. The van der Waals surface area contributed by atoms with E-state index in [2.05, 4.69) is 10.3 Å². The molecule has 29 heavy (non-hydrogen) atoms. The maximum absolute atomic E-state index is 12.6.